The summed E-state index contributed by atoms with van der Waals surface area (Å²) in [4.78, 5) is 12.9. The molecule has 1 heterocycles. The van der Waals surface area contributed by atoms with Crippen LogP contribution in [-0.2, 0) is 24.8 Å². The molecule has 1 saturated heterocycles. The molecular formula is C24H33N3O6S2. The number of sulfonamides is 2. The van der Waals surface area contributed by atoms with Gasteiger partial charge in [-0.3, -0.25) is 9.10 Å². The topological polar surface area (TPSA) is 113 Å². The summed E-state index contributed by atoms with van der Waals surface area (Å²) in [5, 5.41) is 2.70. The Balaban J connectivity index is 1.54. The van der Waals surface area contributed by atoms with Crippen LogP contribution in [-0.4, -0.2) is 65.6 Å². The summed E-state index contributed by atoms with van der Waals surface area (Å²) in [5.41, 5.74) is 1.30. The molecule has 1 N–H and O–H groups in total. The summed E-state index contributed by atoms with van der Waals surface area (Å²) in [6.07, 6.45) is 3.86. The quantitative estimate of drug-likeness (QED) is 0.479. The molecule has 0 saturated carbocycles. The van der Waals surface area contributed by atoms with Crippen LogP contribution in [0.25, 0.3) is 0 Å². The molecule has 0 bridgehead atoms. The van der Waals surface area contributed by atoms with E-state index in [1.54, 1.807) is 30.3 Å². The first-order chi connectivity index (χ1) is 16.5. The van der Waals surface area contributed by atoms with Gasteiger partial charge in [-0.15, -0.1) is 0 Å². The zero-order chi connectivity index (χ0) is 25.6. The molecule has 192 valence electrons. The van der Waals surface area contributed by atoms with Crippen LogP contribution in [0.5, 0.6) is 5.75 Å². The van der Waals surface area contributed by atoms with Gasteiger partial charge in [0, 0.05) is 13.1 Å². The van der Waals surface area contributed by atoms with E-state index in [4.69, 9.17) is 4.74 Å². The van der Waals surface area contributed by atoms with Crippen molar-refractivity contribution < 1.29 is 26.4 Å². The second kappa shape index (κ2) is 11.4. The van der Waals surface area contributed by atoms with Crippen molar-refractivity contribution >= 4 is 31.6 Å². The monoisotopic (exact) mass is 523 g/mol. The van der Waals surface area contributed by atoms with E-state index in [0.29, 0.717) is 24.5 Å². The number of nitrogens with zero attached hydrogens (tertiary/aromatic N) is 2. The average molecular weight is 524 g/mol. The number of carbonyl (C=O) groups excluding carboxylic acids is 1. The molecular weight excluding hydrogens is 490 g/mol. The van der Waals surface area contributed by atoms with Gasteiger partial charge in [0.15, 0.2) is 0 Å². The van der Waals surface area contributed by atoms with E-state index in [1.165, 1.54) is 23.4 Å². The number of aryl methyl sites for hydroxylation is 1. The fourth-order valence-electron chi connectivity index (χ4n) is 4.03. The third-order valence-electron chi connectivity index (χ3n) is 5.79. The number of carbonyl (C=O) groups is 1. The van der Waals surface area contributed by atoms with Gasteiger partial charge in [0.05, 0.1) is 23.4 Å². The Labute approximate surface area is 208 Å². The van der Waals surface area contributed by atoms with Gasteiger partial charge in [0.25, 0.3) is 0 Å². The highest BCUT2D eigenvalue weighted by atomic mass is 32.2. The Morgan fingerprint density at radius 3 is 2.31 bits per heavy atom. The second-order valence-electron chi connectivity index (χ2n) is 8.65. The summed E-state index contributed by atoms with van der Waals surface area (Å²) in [7, 11) is -7.19. The van der Waals surface area contributed by atoms with E-state index < -0.39 is 32.0 Å². The third kappa shape index (κ3) is 6.96. The highest BCUT2D eigenvalue weighted by molar-refractivity contribution is 7.92. The smallest absolute Gasteiger partial charge is 0.243 e. The number of rotatable bonds is 10. The molecule has 1 atom stereocenters. The van der Waals surface area contributed by atoms with Crippen LogP contribution in [0.15, 0.2) is 53.4 Å². The van der Waals surface area contributed by atoms with Crippen molar-refractivity contribution in [3.05, 3.63) is 54.1 Å². The average Bonchev–Trinajstić information content (AvgIpc) is 2.82. The number of nitrogens with one attached hydrogen (secondary N) is 1. The van der Waals surface area contributed by atoms with E-state index in [9.17, 15) is 21.6 Å². The minimum atomic E-state index is -3.69. The number of benzene rings is 2. The number of hydrogen-bond acceptors (Lipinski definition) is 6. The Kier molecular flexibility index (Phi) is 8.79. The fourth-order valence-corrected chi connectivity index (χ4v) is 6.71. The lowest BCUT2D eigenvalue weighted by Crippen LogP contribution is -2.48. The van der Waals surface area contributed by atoms with Crippen molar-refractivity contribution in [2.45, 2.75) is 44.0 Å². The molecule has 1 aliphatic heterocycles. The van der Waals surface area contributed by atoms with E-state index >= 15 is 0 Å². The van der Waals surface area contributed by atoms with Gasteiger partial charge in [0.2, 0.25) is 26.0 Å². The SMILES string of the molecule is Cc1cccc(N(C(C)C(=O)NCCOc2ccc(S(=O)(=O)N3CCCCC3)cc2)S(C)(=O)=O)c1. The van der Waals surface area contributed by atoms with Crippen LogP contribution in [0, 0.1) is 6.92 Å². The van der Waals surface area contributed by atoms with Gasteiger partial charge in [-0.05, 0) is 68.7 Å². The van der Waals surface area contributed by atoms with Crippen LogP contribution in [0.2, 0.25) is 0 Å². The molecule has 1 amide bonds. The molecule has 35 heavy (non-hydrogen) atoms. The Hall–Kier alpha value is -2.63. The van der Waals surface area contributed by atoms with E-state index in [0.717, 1.165) is 35.4 Å². The molecule has 9 nitrogen and oxygen atoms in total. The molecule has 1 unspecified atom stereocenters. The molecule has 11 heteroatoms. The predicted octanol–water partition coefficient (Wildman–Crippen LogP) is 2.52. The van der Waals surface area contributed by atoms with Crippen molar-refractivity contribution in [3.63, 3.8) is 0 Å². The van der Waals surface area contributed by atoms with Gasteiger partial charge >= 0.3 is 0 Å². The largest absolute Gasteiger partial charge is 0.492 e. The minimum absolute atomic E-state index is 0.139. The van der Waals surface area contributed by atoms with E-state index in [-0.39, 0.29) is 18.0 Å². The molecule has 1 fully saturated rings. The number of piperidine rings is 1. The lowest BCUT2D eigenvalue weighted by Gasteiger charge is -2.28. The molecule has 3 rings (SSSR count). The van der Waals surface area contributed by atoms with Crippen LogP contribution in [0.1, 0.15) is 31.7 Å². The maximum Gasteiger partial charge on any atom is 0.243 e. The van der Waals surface area contributed by atoms with Crippen molar-refractivity contribution in [2.24, 2.45) is 0 Å². The zero-order valence-electron chi connectivity index (χ0n) is 20.3. The minimum Gasteiger partial charge on any atom is -0.492 e. The summed E-state index contributed by atoms with van der Waals surface area (Å²) < 4.78 is 58.5. The lowest BCUT2D eigenvalue weighted by molar-refractivity contribution is -0.121. The highest BCUT2D eigenvalue weighted by Crippen LogP contribution is 2.23. The van der Waals surface area contributed by atoms with Crippen LogP contribution in [0.4, 0.5) is 5.69 Å². The first-order valence-corrected chi connectivity index (χ1v) is 14.9. The number of hydrogen-bond donors (Lipinski definition) is 1. The van der Waals surface area contributed by atoms with Gasteiger partial charge in [-0.25, -0.2) is 16.8 Å². The van der Waals surface area contributed by atoms with Gasteiger partial charge < -0.3 is 10.1 Å². The zero-order valence-corrected chi connectivity index (χ0v) is 21.9. The molecule has 2 aromatic carbocycles. The van der Waals surface area contributed by atoms with E-state index in [2.05, 4.69) is 5.32 Å². The Morgan fingerprint density at radius 1 is 1.06 bits per heavy atom. The van der Waals surface area contributed by atoms with Gasteiger partial charge in [-0.1, -0.05) is 18.6 Å². The fraction of sp³-hybridized carbons (Fsp3) is 0.458. The molecule has 2 aromatic rings. The molecule has 0 aromatic heterocycles. The number of anilines is 1. The molecule has 0 aliphatic carbocycles. The van der Waals surface area contributed by atoms with Crippen molar-refractivity contribution in [3.8, 4) is 5.75 Å². The number of ether oxygens (including phenoxy) is 1. The summed E-state index contributed by atoms with van der Waals surface area (Å²) >= 11 is 0. The summed E-state index contributed by atoms with van der Waals surface area (Å²) in [6.45, 7) is 4.75. The first kappa shape index (κ1) is 27.0. The van der Waals surface area contributed by atoms with Crippen LogP contribution >= 0.6 is 0 Å². The molecule has 1 aliphatic rings. The maximum absolute atomic E-state index is 12.7. The predicted molar refractivity (Wildman–Crippen MR) is 136 cm³/mol. The lowest BCUT2D eigenvalue weighted by atomic mass is 10.2. The molecule has 0 radical (unpaired) electrons. The van der Waals surface area contributed by atoms with Crippen LogP contribution < -0.4 is 14.4 Å². The standard InChI is InChI=1S/C24H33N3O6S2/c1-19-8-7-9-21(18-19)27(34(3,29)30)20(2)24(28)25-14-17-33-22-10-12-23(13-11-22)35(31,32)26-15-5-4-6-16-26/h7-13,18,20H,4-6,14-17H2,1-3H3,(H,25,28). The number of amides is 1. The second-order valence-corrected chi connectivity index (χ2v) is 12.4. The Bertz CT molecular complexity index is 1220. The summed E-state index contributed by atoms with van der Waals surface area (Å²) in [5.74, 6) is 0.0194. The molecule has 0 spiro atoms. The summed E-state index contributed by atoms with van der Waals surface area (Å²) in [6, 6.07) is 12.2. The normalized spacial score (nSPS) is 15.9. The van der Waals surface area contributed by atoms with Gasteiger partial charge in [0.1, 0.15) is 18.4 Å². The van der Waals surface area contributed by atoms with E-state index in [1.807, 2.05) is 13.0 Å². The van der Waals surface area contributed by atoms with Crippen molar-refractivity contribution in [2.75, 3.05) is 36.8 Å². The third-order valence-corrected chi connectivity index (χ3v) is 8.95. The van der Waals surface area contributed by atoms with Gasteiger partial charge in [-0.2, -0.15) is 4.31 Å². The van der Waals surface area contributed by atoms with Crippen molar-refractivity contribution in [1.29, 1.82) is 0 Å². The highest BCUT2D eigenvalue weighted by Gasteiger charge is 2.29. The van der Waals surface area contributed by atoms with Crippen LogP contribution in [0.3, 0.4) is 0 Å². The maximum atomic E-state index is 12.7. The Morgan fingerprint density at radius 2 is 1.71 bits per heavy atom. The van der Waals surface area contributed by atoms with Crippen molar-refractivity contribution in [1.82, 2.24) is 9.62 Å². The first-order valence-electron chi connectivity index (χ1n) is 11.6.